The van der Waals surface area contributed by atoms with Crippen molar-refractivity contribution in [2.75, 3.05) is 25.4 Å². The molecule has 0 unspecified atom stereocenters. The van der Waals surface area contributed by atoms with E-state index in [4.69, 9.17) is 25.6 Å². The van der Waals surface area contributed by atoms with Crippen LogP contribution in [-0.2, 0) is 9.53 Å². The Morgan fingerprint density at radius 1 is 1.26 bits per heavy atom. The second-order valence-corrected chi connectivity index (χ2v) is 8.15. The van der Waals surface area contributed by atoms with Crippen molar-refractivity contribution < 1.29 is 13.9 Å². The summed E-state index contributed by atoms with van der Waals surface area (Å²) in [6.07, 6.45) is 6.21. The normalized spacial score (nSPS) is 22.7. The summed E-state index contributed by atoms with van der Waals surface area (Å²) in [6.45, 7) is 2.10. The summed E-state index contributed by atoms with van der Waals surface area (Å²) in [5.41, 5.74) is 17.9. The third kappa shape index (κ3) is 2.73. The van der Waals surface area contributed by atoms with Crippen LogP contribution in [0, 0.1) is 0 Å². The van der Waals surface area contributed by atoms with Gasteiger partial charge in [-0.2, -0.15) is 4.98 Å². The minimum atomic E-state index is -0.321. The van der Waals surface area contributed by atoms with Crippen LogP contribution in [0.4, 0.5) is 6.01 Å². The molecule has 9 nitrogen and oxygen atoms in total. The van der Waals surface area contributed by atoms with Crippen molar-refractivity contribution >= 4 is 28.9 Å². The topological polar surface area (TPSA) is 123 Å². The van der Waals surface area contributed by atoms with E-state index in [0.717, 1.165) is 60.7 Å². The molecular weight excluding hydrogens is 396 g/mol. The predicted molar refractivity (Wildman–Crippen MR) is 114 cm³/mol. The zero-order valence-corrected chi connectivity index (χ0v) is 16.9. The van der Waals surface area contributed by atoms with E-state index in [1.54, 1.807) is 6.26 Å². The lowest BCUT2D eigenvalue weighted by atomic mass is 10.0. The second kappa shape index (κ2) is 6.63. The van der Waals surface area contributed by atoms with Gasteiger partial charge in [-0.3, -0.25) is 4.79 Å². The van der Waals surface area contributed by atoms with Crippen LogP contribution in [0.3, 0.4) is 0 Å². The first-order valence-electron chi connectivity index (χ1n) is 10.4. The first-order valence-corrected chi connectivity index (χ1v) is 10.4. The van der Waals surface area contributed by atoms with Crippen molar-refractivity contribution in [1.82, 2.24) is 14.8 Å². The molecule has 1 saturated heterocycles. The van der Waals surface area contributed by atoms with Crippen molar-refractivity contribution in [2.45, 2.75) is 25.3 Å². The van der Waals surface area contributed by atoms with Gasteiger partial charge in [0.25, 0.3) is 6.01 Å². The van der Waals surface area contributed by atoms with Crippen LogP contribution >= 0.6 is 0 Å². The summed E-state index contributed by atoms with van der Waals surface area (Å²) in [5, 5.41) is 0. The smallest absolute Gasteiger partial charge is 0.292 e. The zero-order valence-electron chi connectivity index (χ0n) is 16.9. The number of carbonyl (C=O) groups is 1. The van der Waals surface area contributed by atoms with Crippen molar-refractivity contribution in [3.05, 3.63) is 58.8 Å². The molecule has 6 rings (SSSR count). The molecule has 0 bridgehead atoms. The van der Waals surface area contributed by atoms with E-state index >= 15 is 0 Å². The molecule has 4 N–H and O–H groups in total. The van der Waals surface area contributed by atoms with Crippen LogP contribution in [0.2, 0.25) is 0 Å². The molecule has 9 heteroatoms. The summed E-state index contributed by atoms with van der Waals surface area (Å²) >= 11 is 0. The zero-order chi connectivity index (χ0) is 21.1. The van der Waals surface area contributed by atoms with E-state index in [1.807, 2.05) is 24.4 Å². The van der Waals surface area contributed by atoms with Gasteiger partial charge in [-0.1, -0.05) is 0 Å². The molecule has 4 aliphatic rings. The number of nitrogens with two attached hydrogens (primary N) is 2. The third-order valence-corrected chi connectivity index (χ3v) is 6.35. The van der Waals surface area contributed by atoms with E-state index in [2.05, 4.69) is 14.8 Å². The van der Waals surface area contributed by atoms with Crippen molar-refractivity contribution in [1.29, 1.82) is 0 Å². The van der Waals surface area contributed by atoms with Gasteiger partial charge >= 0.3 is 0 Å². The summed E-state index contributed by atoms with van der Waals surface area (Å²) < 4.78 is 11.3. The SMILES string of the molecule is NC(=O)[C@@H]1CCCN1C1=COCC2=C3C1=CN=C(c1ccc4oc(N)nc4c1)N3CC2. The minimum Gasteiger partial charge on any atom is -0.495 e. The average molecular weight is 418 g/mol. The van der Waals surface area contributed by atoms with Gasteiger partial charge in [-0.05, 0) is 43.0 Å². The minimum absolute atomic E-state index is 0.149. The first-order chi connectivity index (χ1) is 15.1. The molecule has 158 valence electrons. The van der Waals surface area contributed by atoms with Gasteiger partial charge < -0.3 is 30.4 Å². The lowest BCUT2D eigenvalue weighted by Gasteiger charge is -2.33. The highest BCUT2D eigenvalue weighted by Gasteiger charge is 2.39. The van der Waals surface area contributed by atoms with E-state index in [9.17, 15) is 4.79 Å². The number of nitrogen functional groups attached to an aromatic ring is 1. The maximum atomic E-state index is 12.0. The Morgan fingerprint density at radius 3 is 3.03 bits per heavy atom. The molecule has 1 atom stereocenters. The molecule has 0 radical (unpaired) electrons. The monoisotopic (exact) mass is 418 g/mol. The lowest BCUT2D eigenvalue weighted by molar-refractivity contribution is -0.121. The van der Waals surface area contributed by atoms with Crippen LogP contribution in [0.1, 0.15) is 24.8 Å². The molecule has 2 aromatic rings. The van der Waals surface area contributed by atoms with E-state index in [-0.39, 0.29) is 18.0 Å². The first kappa shape index (κ1) is 18.1. The maximum absolute atomic E-state index is 12.0. The van der Waals surface area contributed by atoms with Gasteiger partial charge in [-0.25, -0.2) is 4.99 Å². The van der Waals surface area contributed by atoms with Crippen LogP contribution < -0.4 is 11.5 Å². The van der Waals surface area contributed by atoms with E-state index in [0.29, 0.717) is 17.7 Å². The number of ether oxygens (including phenoxy) is 1. The maximum Gasteiger partial charge on any atom is 0.292 e. The number of amidine groups is 1. The number of benzene rings is 1. The fourth-order valence-corrected chi connectivity index (χ4v) is 4.97. The molecule has 0 aliphatic carbocycles. The lowest BCUT2D eigenvalue weighted by Crippen LogP contribution is -2.41. The summed E-state index contributed by atoms with van der Waals surface area (Å²) in [6, 6.07) is 5.61. The highest BCUT2D eigenvalue weighted by Crippen LogP contribution is 2.41. The third-order valence-electron chi connectivity index (χ3n) is 6.35. The van der Waals surface area contributed by atoms with Crippen LogP contribution in [0.15, 0.2) is 62.6 Å². The molecule has 0 saturated carbocycles. The standard InChI is InChI=1S/C22H22N6O3/c23-20(29)16-2-1-6-27(16)17-11-30-10-13-5-7-28-19(13)14(17)9-25-21(28)12-3-4-18-15(8-12)26-22(24)31-18/h3-4,8-9,11,16H,1-2,5-7,10H2,(H2,23,29)(H2,24,26)/t16-/m0/s1. The number of aliphatic imine (C=N–C) groups is 1. The number of anilines is 1. The molecule has 4 aliphatic heterocycles. The number of hydrogen-bond donors (Lipinski definition) is 2. The summed E-state index contributed by atoms with van der Waals surface area (Å²) in [7, 11) is 0. The van der Waals surface area contributed by atoms with Gasteiger partial charge in [0, 0.05) is 30.4 Å². The molecule has 0 spiro atoms. The van der Waals surface area contributed by atoms with Gasteiger partial charge in [0.1, 0.15) is 30.3 Å². The van der Waals surface area contributed by atoms with Crippen LogP contribution in [-0.4, -0.2) is 52.3 Å². The highest BCUT2D eigenvalue weighted by molar-refractivity contribution is 6.04. The Balaban J connectivity index is 1.44. The number of nitrogens with zero attached hydrogens (tertiary/aromatic N) is 4. The van der Waals surface area contributed by atoms with Crippen LogP contribution in [0.5, 0.6) is 0 Å². The van der Waals surface area contributed by atoms with Gasteiger partial charge in [0.15, 0.2) is 5.58 Å². The number of primary amides is 1. The number of likely N-dealkylation sites (tertiary alicyclic amines) is 1. The van der Waals surface area contributed by atoms with Gasteiger partial charge in [0.05, 0.1) is 11.4 Å². The summed E-state index contributed by atoms with van der Waals surface area (Å²) in [5.74, 6) is 0.548. The number of rotatable bonds is 3. The van der Waals surface area contributed by atoms with Crippen molar-refractivity contribution in [3.8, 4) is 0 Å². The van der Waals surface area contributed by atoms with E-state index < -0.39 is 0 Å². The average Bonchev–Trinajstić information content (AvgIpc) is 3.45. The summed E-state index contributed by atoms with van der Waals surface area (Å²) in [4.78, 5) is 25.4. The molecule has 1 aromatic heterocycles. The number of carbonyl (C=O) groups excluding carboxylic acids is 1. The molecule has 1 fully saturated rings. The van der Waals surface area contributed by atoms with Crippen molar-refractivity contribution in [2.24, 2.45) is 10.7 Å². The second-order valence-electron chi connectivity index (χ2n) is 8.15. The van der Waals surface area contributed by atoms with Gasteiger partial charge in [-0.15, -0.1) is 0 Å². The number of amides is 1. The molecule has 1 aromatic carbocycles. The fourth-order valence-electron chi connectivity index (χ4n) is 4.97. The van der Waals surface area contributed by atoms with Gasteiger partial charge in [0.2, 0.25) is 5.91 Å². The molecule has 5 heterocycles. The van der Waals surface area contributed by atoms with Crippen LogP contribution in [0.25, 0.3) is 11.1 Å². The fraction of sp³-hybridized carbons (Fsp3) is 0.318. The van der Waals surface area contributed by atoms with Crippen molar-refractivity contribution in [3.63, 3.8) is 0 Å². The Bertz CT molecular complexity index is 1240. The Morgan fingerprint density at radius 2 is 2.16 bits per heavy atom. The Hall–Kier alpha value is -3.75. The molecular formula is C22H22N6O3. The highest BCUT2D eigenvalue weighted by atomic mass is 16.5. The van der Waals surface area contributed by atoms with E-state index in [1.165, 1.54) is 5.57 Å². The number of fused-ring (bicyclic) bond motifs is 1. The number of hydrogen-bond acceptors (Lipinski definition) is 8. The molecule has 1 amide bonds. The predicted octanol–water partition coefficient (Wildman–Crippen LogP) is 1.84. The number of aromatic nitrogens is 1. The number of oxazole rings is 1. The Labute approximate surface area is 178 Å². The quantitative estimate of drug-likeness (QED) is 0.779. The molecule has 31 heavy (non-hydrogen) atoms. The largest absolute Gasteiger partial charge is 0.495 e. The Kier molecular flexibility index (Phi) is 3.86.